The smallest absolute Gasteiger partial charge is 0.193 e. The molecule has 0 radical (unpaired) electrons. The van der Waals surface area contributed by atoms with Crippen LogP contribution in [0.1, 0.15) is 11.1 Å². The van der Waals surface area contributed by atoms with Gasteiger partial charge in [-0.3, -0.25) is 5.10 Å². The third-order valence-corrected chi connectivity index (χ3v) is 3.64. The molecule has 5 nitrogen and oxygen atoms in total. The first-order valence-corrected chi connectivity index (χ1v) is 7.66. The van der Waals surface area contributed by atoms with Gasteiger partial charge in [0.05, 0.1) is 0 Å². The number of nitrogens with zero attached hydrogens (tertiary/aromatic N) is 3. The van der Waals surface area contributed by atoms with Crippen molar-refractivity contribution in [2.75, 3.05) is 5.32 Å². The second-order valence-corrected chi connectivity index (χ2v) is 5.63. The Morgan fingerprint density at radius 2 is 1.87 bits per heavy atom. The number of aromatic nitrogens is 2. The van der Waals surface area contributed by atoms with Crippen LogP contribution in [-0.4, -0.2) is 16.4 Å². The molecular weight excluding hydrogens is 354 g/mol. The molecule has 0 bridgehead atoms. The molecule has 0 saturated carbocycles. The van der Waals surface area contributed by atoms with Crippen LogP contribution in [0.4, 0.5) is 17.3 Å². The summed E-state index contributed by atoms with van der Waals surface area (Å²) in [5, 5.41) is 19.4. The average molecular weight is 366 g/mol. The molecule has 0 saturated heterocycles. The van der Waals surface area contributed by atoms with Crippen LogP contribution >= 0.6 is 15.9 Å². The van der Waals surface area contributed by atoms with E-state index in [2.05, 4.69) is 42.5 Å². The van der Waals surface area contributed by atoms with Gasteiger partial charge in [-0.1, -0.05) is 46.3 Å². The van der Waals surface area contributed by atoms with E-state index < -0.39 is 0 Å². The van der Waals surface area contributed by atoms with Crippen molar-refractivity contribution in [3.05, 3.63) is 70.2 Å². The minimum absolute atomic E-state index is 0.355. The molecule has 0 aliphatic heterocycles. The highest BCUT2D eigenvalue weighted by Gasteiger charge is 2.12. The molecule has 0 atom stereocenters. The fourth-order valence-corrected chi connectivity index (χ4v) is 2.24. The molecule has 1 heterocycles. The van der Waals surface area contributed by atoms with Crippen LogP contribution in [0.15, 0.2) is 64.1 Å². The Balaban J connectivity index is 1.84. The summed E-state index contributed by atoms with van der Waals surface area (Å²) in [6, 6.07) is 19.4. The molecule has 0 spiro atoms. The molecule has 2 N–H and O–H groups in total. The number of para-hydroxylation sites is 1. The number of hydrogen-bond donors (Lipinski definition) is 2. The molecular formula is C17H12BrN5. The summed E-state index contributed by atoms with van der Waals surface area (Å²) in [6.45, 7) is 0. The lowest BCUT2D eigenvalue weighted by molar-refractivity contribution is 1.09. The third kappa shape index (κ3) is 3.65. The second-order valence-electron chi connectivity index (χ2n) is 4.71. The lowest BCUT2D eigenvalue weighted by Crippen LogP contribution is -1.92. The zero-order valence-electron chi connectivity index (χ0n) is 12.0. The number of aliphatic imine (C=N–C) groups is 1. The molecule has 0 amide bonds. The predicted molar refractivity (Wildman–Crippen MR) is 94.4 cm³/mol. The number of H-pyrrole nitrogens is 1. The van der Waals surface area contributed by atoms with Gasteiger partial charge in [0, 0.05) is 16.4 Å². The molecule has 2 aromatic carbocycles. The Kier molecular flexibility index (Phi) is 4.50. The van der Waals surface area contributed by atoms with Gasteiger partial charge in [-0.05, 0) is 29.8 Å². The largest absolute Gasteiger partial charge is 0.339 e. The maximum atomic E-state index is 9.37. The van der Waals surface area contributed by atoms with Crippen LogP contribution in [0.2, 0.25) is 0 Å². The SMILES string of the molecule is N#Cc1c(N=Cc2ccc(Br)cc2)n[nH]c1Nc1ccccc1. The van der Waals surface area contributed by atoms with E-state index >= 15 is 0 Å². The van der Waals surface area contributed by atoms with Crippen molar-refractivity contribution in [2.24, 2.45) is 4.99 Å². The summed E-state index contributed by atoms with van der Waals surface area (Å²) in [7, 11) is 0. The summed E-state index contributed by atoms with van der Waals surface area (Å²) in [5.74, 6) is 0.885. The van der Waals surface area contributed by atoms with Gasteiger partial charge < -0.3 is 5.32 Å². The maximum absolute atomic E-state index is 9.37. The number of halogens is 1. The fourth-order valence-electron chi connectivity index (χ4n) is 1.97. The van der Waals surface area contributed by atoms with E-state index in [0.29, 0.717) is 17.2 Å². The number of benzene rings is 2. The first-order valence-electron chi connectivity index (χ1n) is 6.86. The van der Waals surface area contributed by atoms with E-state index in [-0.39, 0.29) is 0 Å². The molecule has 0 aliphatic rings. The van der Waals surface area contributed by atoms with Crippen LogP contribution in [-0.2, 0) is 0 Å². The van der Waals surface area contributed by atoms with Crippen molar-refractivity contribution in [3.63, 3.8) is 0 Å². The number of rotatable bonds is 4. The van der Waals surface area contributed by atoms with Gasteiger partial charge >= 0.3 is 0 Å². The highest BCUT2D eigenvalue weighted by molar-refractivity contribution is 9.10. The second kappa shape index (κ2) is 6.90. The van der Waals surface area contributed by atoms with Gasteiger partial charge in [-0.15, -0.1) is 0 Å². The number of hydrogen-bond acceptors (Lipinski definition) is 4. The summed E-state index contributed by atoms with van der Waals surface area (Å²) >= 11 is 3.39. The van der Waals surface area contributed by atoms with Gasteiger partial charge in [0.1, 0.15) is 17.5 Å². The van der Waals surface area contributed by atoms with Crippen molar-refractivity contribution >= 4 is 39.5 Å². The lowest BCUT2D eigenvalue weighted by atomic mass is 10.2. The van der Waals surface area contributed by atoms with E-state index in [1.807, 2.05) is 54.6 Å². The van der Waals surface area contributed by atoms with Gasteiger partial charge in [-0.2, -0.15) is 10.4 Å². The highest BCUT2D eigenvalue weighted by Crippen LogP contribution is 2.25. The van der Waals surface area contributed by atoms with E-state index in [4.69, 9.17) is 0 Å². The minimum Gasteiger partial charge on any atom is -0.339 e. The normalized spacial score (nSPS) is 10.6. The molecule has 0 unspecified atom stereocenters. The minimum atomic E-state index is 0.355. The molecule has 3 rings (SSSR count). The average Bonchev–Trinajstić information content (AvgIpc) is 2.97. The van der Waals surface area contributed by atoms with Crippen LogP contribution < -0.4 is 5.32 Å². The van der Waals surface area contributed by atoms with E-state index in [9.17, 15) is 5.26 Å². The Morgan fingerprint density at radius 3 is 2.57 bits per heavy atom. The number of aromatic amines is 1. The summed E-state index contributed by atoms with van der Waals surface area (Å²) in [4.78, 5) is 4.29. The first kappa shape index (κ1) is 15.0. The van der Waals surface area contributed by atoms with Gasteiger partial charge in [0.25, 0.3) is 0 Å². The Bertz CT molecular complexity index is 860. The van der Waals surface area contributed by atoms with Crippen molar-refractivity contribution in [1.29, 1.82) is 5.26 Å². The fraction of sp³-hybridized carbons (Fsp3) is 0. The van der Waals surface area contributed by atoms with Crippen molar-refractivity contribution in [3.8, 4) is 6.07 Å². The molecule has 23 heavy (non-hydrogen) atoms. The monoisotopic (exact) mass is 365 g/mol. The zero-order valence-corrected chi connectivity index (χ0v) is 13.6. The molecule has 112 valence electrons. The molecule has 1 aromatic heterocycles. The first-order chi connectivity index (χ1) is 11.3. The van der Waals surface area contributed by atoms with E-state index in [0.717, 1.165) is 15.7 Å². The molecule has 3 aromatic rings. The van der Waals surface area contributed by atoms with Crippen LogP contribution in [0.25, 0.3) is 0 Å². The molecule has 0 aliphatic carbocycles. The topological polar surface area (TPSA) is 76.9 Å². The maximum Gasteiger partial charge on any atom is 0.193 e. The van der Waals surface area contributed by atoms with Crippen molar-refractivity contribution in [2.45, 2.75) is 0 Å². The van der Waals surface area contributed by atoms with Gasteiger partial charge in [-0.25, -0.2) is 4.99 Å². The molecule has 6 heteroatoms. The quantitative estimate of drug-likeness (QED) is 0.666. The zero-order chi connectivity index (χ0) is 16.1. The Labute approximate surface area is 141 Å². The third-order valence-electron chi connectivity index (χ3n) is 3.11. The van der Waals surface area contributed by atoms with Crippen molar-refractivity contribution in [1.82, 2.24) is 10.2 Å². The van der Waals surface area contributed by atoms with E-state index in [1.165, 1.54) is 0 Å². The summed E-state index contributed by atoms with van der Waals surface area (Å²) in [5.41, 5.74) is 2.18. The van der Waals surface area contributed by atoms with Crippen LogP contribution in [0.3, 0.4) is 0 Å². The van der Waals surface area contributed by atoms with E-state index in [1.54, 1.807) is 6.21 Å². The van der Waals surface area contributed by atoms with Crippen molar-refractivity contribution < 1.29 is 0 Å². The highest BCUT2D eigenvalue weighted by atomic mass is 79.9. The molecule has 0 fully saturated rings. The summed E-state index contributed by atoms with van der Waals surface area (Å²) in [6.07, 6.45) is 1.68. The number of nitrogens with one attached hydrogen (secondary N) is 2. The van der Waals surface area contributed by atoms with Gasteiger partial charge in [0.15, 0.2) is 5.82 Å². The van der Waals surface area contributed by atoms with Gasteiger partial charge in [0.2, 0.25) is 0 Å². The standard InChI is InChI=1S/C17H12BrN5/c18-13-8-6-12(7-9-13)11-20-16-15(10-19)17(23-22-16)21-14-4-2-1-3-5-14/h1-9,11H,(H2,21,22,23). The summed E-state index contributed by atoms with van der Waals surface area (Å²) < 4.78 is 1.00. The predicted octanol–water partition coefficient (Wildman–Crippen LogP) is 4.54. The number of anilines is 2. The Hall–Kier alpha value is -2.91. The lowest BCUT2D eigenvalue weighted by Gasteiger charge is -2.02. The van der Waals surface area contributed by atoms with Crippen LogP contribution in [0, 0.1) is 11.3 Å². The van der Waals surface area contributed by atoms with Crippen LogP contribution in [0.5, 0.6) is 0 Å². The Morgan fingerprint density at radius 1 is 1.13 bits per heavy atom. The number of nitriles is 1.